The number of aliphatic hydroxyl groups excluding tert-OH is 1. The van der Waals surface area contributed by atoms with E-state index in [1.165, 1.54) is 45.9 Å². The van der Waals surface area contributed by atoms with E-state index in [4.69, 9.17) is 28.4 Å². The number of rotatable bonds is 9. The van der Waals surface area contributed by atoms with Gasteiger partial charge in [0.15, 0.2) is 11.9 Å². The molecular formula is C39H48O13. The Morgan fingerprint density at radius 1 is 0.750 bits per heavy atom. The minimum absolute atomic E-state index is 0.110. The summed E-state index contributed by atoms with van der Waals surface area (Å²) in [6, 6.07) is 8.97. The van der Waals surface area contributed by atoms with Gasteiger partial charge in [-0.2, -0.15) is 0 Å². The van der Waals surface area contributed by atoms with E-state index in [0.29, 0.717) is 16.7 Å². The van der Waals surface area contributed by atoms with Gasteiger partial charge in [0.2, 0.25) is 0 Å². The number of fused-ring (bicyclic) bond motifs is 2. The van der Waals surface area contributed by atoms with E-state index in [-0.39, 0.29) is 29.7 Å². The molecule has 2 bridgehead atoms. The average molecular weight is 725 g/mol. The first-order valence-electron chi connectivity index (χ1n) is 16.9. The monoisotopic (exact) mass is 724 g/mol. The van der Waals surface area contributed by atoms with Crippen LogP contribution in [0.15, 0.2) is 70.5 Å². The zero-order valence-corrected chi connectivity index (χ0v) is 31.1. The molecule has 0 radical (unpaired) electrons. The maximum Gasteiger partial charge on any atom is 0.331 e. The Morgan fingerprint density at radius 3 is 1.87 bits per heavy atom. The van der Waals surface area contributed by atoms with Crippen LogP contribution in [0.25, 0.3) is 6.08 Å². The topological polar surface area (TPSA) is 178 Å². The van der Waals surface area contributed by atoms with E-state index < -0.39 is 84.3 Å². The third-order valence-electron chi connectivity index (χ3n) is 9.07. The van der Waals surface area contributed by atoms with Crippen LogP contribution < -0.4 is 0 Å². The van der Waals surface area contributed by atoms with Gasteiger partial charge in [-0.15, -0.1) is 0 Å². The van der Waals surface area contributed by atoms with Crippen LogP contribution in [0.2, 0.25) is 0 Å². The molecule has 0 aromatic heterocycles. The number of carbonyl (C=O) groups excluding carboxylic acids is 6. The van der Waals surface area contributed by atoms with E-state index in [1.54, 1.807) is 45.0 Å². The standard InChI is InChI=1S/C39H48O13/c1-21-32(48-24(4)41)18-30-31(45)17-29(20-47-23(3)40)34(52-35(46)16-15-28-13-11-10-12-14-28)19-33(49-25(5)42)22(2)37(50-26(6)43)38(51-27(7)44)36(21)39(30,8)9/h10-17,30-34,38,45H,18-20H2,1-9H3/b16-15+,29-17-,37-22+/t30-,31-,32-,33-,34-,38+/m0/s1. The molecule has 2 aliphatic carbocycles. The van der Waals surface area contributed by atoms with Crippen LogP contribution in [-0.4, -0.2) is 78.0 Å². The number of hydrogen-bond acceptors (Lipinski definition) is 13. The van der Waals surface area contributed by atoms with Gasteiger partial charge in [0.25, 0.3) is 0 Å². The molecule has 52 heavy (non-hydrogen) atoms. The molecule has 0 unspecified atom stereocenters. The quantitative estimate of drug-likeness (QED) is 0.158. The van der Waals surface area contributed by atoms with Crippen LogP contribution in [0, 0.1) is 11.3 Å². The molecule has 0 spiro atoms. The number of carbonyl (C=O) groups is 6. The second-order valence-corrected chi connectivity index (χ2v) is 13.4. The van der Waals surface area contributed by atoms with E-state index >= 15 is 0 Å². The molecular weight excluding hydrogens is 676 g/mol. The highest BCUT2D eigenvalue weighted by atomic mass is 16.6. The summed E-state index contributed by atoms with van der Waals surface area (Å²) in [4.78, 5) is 75.8. The van der Waals surface area contributed by atoms with Crippen molar-refractivity contribution < 1.29 is 62.3 Å². The largest absolute Gasteiger partial charge is 0.461 e. The predicted molar refractivity (Wildman–Crippen MR) is 186 cm³/mol. The Labute approximate surface area is 303 Å². The molecule has 0 saturated heterocycles. The summed E-state index contributed by atoms with van der Waals surface area (Å²) in [5.41, 5.74) is 0.806. The van der Waals surface area contributed by atoms with Crippen LogP contribution in [0.4, 0.5) is 0 Å². The van der Waals surface area contributed by atoms with Crippen molar-refractivity contribution in [2.45, 2.75) is 106 Å². The summed E-state index contributed by atoms with van der Waals surface area (Å²) in [5, 5.41) is 12.0. The van der Waals surface area contributed by atoms with Gasteiger partial charge in [-0.1, -0.05) is 44.2 Å². The lowest BCUT2D eigenvalue weighted by Crippen LogP contribution is -2.48. The molecule has 6 atom stereocenters. The number of hydrogen-bond donors (Lipinski definition) is 1. The van der Waals surface area contributed by atoms with E-state index in [9.17, 15) is 33.9 Å². The van der Waals surface area contributed by atoms with Crippen molar-refractivity contribution in [1.82, 2.24) is 0 Å². The van der Waals surface area contributed by atoms with Gasteiger partial charge < -0.3 is 33.5 Å². The van der Waals surface area contributed by atoms with Gasteiger partial charge in [0.05, 0.1) is 6.10 Å². The maximum absolute atomic E-state index is 13.4. The van der Waals surface area contributed by atoms with Crippen LogP contribution in [0.5, 0.6) is 0 Å². The molecule has 3 rings (SSSR count). The Morgan fingerprint density at radius 2 is 1.33 bits per heavy atom. The van der Waals surface area contributed by atoms with E-state index in [2.05, 4.69) is 0 Å². The lowest BCUT2D eigenvalue weighted by molar-refractivity contribution is -0.152. The smallest absolute Gasteiger partial charge is 0.331 e. The fraction of sp³-hybridized carbons (Fsp3) is 0.487. The molecule has 13 nitrogen and oxygen atoms in total. The SMILES string of the molecule is CC(=O)OC/C1=C/[C@H](O)[C@@H]2C[C@H](OC(C)=O)C(C)=C([C@@H](OC(C)=O)/C(OC(C)=O)=C(/C)[C@@H](OC(C)=O)C[C@@H]1OC(=O)/C=C/c1ccccc1)C2(C)C. The molecule has 13 heteroatoms. The number of esters is 6. The third-order valence-corrected chi connectivity index (χ3v) is 9.07. The third kappa shape index (κ3) is 11.0. The van der Waals surface area contributed by atoms with Crippen LogP contribution in [0.3, 0.4) is 0 Å². The summed E-state index contributed by atoms with van der Waals surface area (Å²) >= 11 is 0. The molecule has 0 heterocycles. The summed E-state index contributed by atoms with van der Waals surface area (Å²) in [6.45, 7) is 12.3. The van der Waals surface area contributed by atoms with Crippen molar-refractivity contribution in [2.75, 3.05) is 6.61 Å². The lowest BCUT2D eigenvalue weighted by atomic mass is 9.60. The maximum atomic E-state index is 13.4. The Hall–Kier alpha value is -5.04. The highest BCUT2D eigenvalue weighted by Gasteiger charge is 2.50. The molecule has 282 valence electrons. The summed E-state index contributed by atoms with van der Waals surface area (Å²) in [7, 11) is 0. The zero-order chi connectivity index (χ0) is 38.9. The number of ether oxygens (including phenoxy) is 6. The molecule has 1 N–H and O–H groups in total. The zero-order valence-electron chi connectivity index (χ0n) is 31.1. The van der Waals surface area contributed by atoms with E-state index in [0.717, 1.165) is 13.8 Å². The summed E-state index contributed by atoms with van der Waals surface area (Å²) in [5.74, 6) is -5.30. The molecule has 1 aromatic carbocycles. The second kappa shape index (κ2) is 17.9. The molecule has 2 aliphatic rings. The first kappa shape index (κ1) is 41.4. The highest BCUT2D eigenvalue weighted by Crippen LogP contribution is 2.51. The van der Waals surface area contributed by atoms with Crippen molar-refractivity contribution in [3.8, 4) is 0 Å². The average Bonchev–Trinajstić information content (AvgIpc) is 3.03. The second-order valence-electron chi connectivity index (χ2n) is 13.4. The van der Waals surface area contributed by atoms with Crippen molar-refractivity contribution >= 4 is 41.9 Å². The van der Waals surface area contributed by atoms with Crippen molar-refractivity contribution in [3.63, 3.8) is 0 Å². The van der Waals surface area contributed by atoms with Gasteiger partial charge in [0, 0.05) is 64.2 Å². The van der Waals surface area contributed by atoms with Crippen LogP contribution >= 0.6 is 0 Å². The Kier molecular flexibility index (Phi) is 14.3. The Balaban J connectivity index is 2.42. The minimum Gasteiger partial charge on any atom is -0.461 e. The first-order valence-corrected chi connectivity index (χ1v) is 16.9. The predicted octanol–water partition coefficient (Wildman–Crippen LogP) is 4.86. The van der Waals surface area contributed by atoms with Crippen LogP contribution in [0.1, 0.15) is 80.7 Å². The van der Waals surface area contributed by atoms with Gasteiger partial charge in [-0.05, 0) is 54.5 Å². The fourth-order valence-electron chi connectivity index (χ4n) is 6.75. The van der Waals surface area contributed by atoms with Crippen molar-refractivity contribution in [3.05, 3.63) is 76.1 Å². The van der Waals surface area contributed by atoms with Gasteiger partial charge in [0.1, 0.15) is 24.9 Å². The normalized spacial score (nSPS) is 27.2. The van der Waals surface area contributed by atoms with Crippen molar-refractivity contribution in [2.24, 2.45) is 11.3 Å². The van der Waals surface area contributed by atoms with Crippen LogP contribution in [-0.2, 0) is 57.2 Å². The lowest BCUT2D eigenvalue weighted by Gasteiger charge is -2.48. The molecule has 0 aliphatic heterocycles. The first-order chi connectivity index (χ1) is 24.3. The van der Waals surface area contributed by atoms with Crippen molar-refractivity contribution in [1.29, 1.82) is 0 Å². The molecule has 0 saturated carbocycles. The number of benzene rings is 1. The van der Waals surface area contributed by atoms with Gasteiger partial charge >= 0.3 is 35.8 Å². The highest BCUT2D eigenvalue weighted by molar-refractivity contribution is 5.87. The van der Waals surface area contributed by atoms with Gasteiger partial charge in [-0.25, -0.2) is 4.79 Å². The number of aliphatic hydroxyl groups is 1. The fourth-order valence-corrected chi connectivity index (χ4v) is 6.75. The summed E-state index contributed by atoms with van der Waals surface area (Å²) in [6.07, 6.45) is -2.31. The molecule has 1 aromatic rings. The molecule has 0 amide bonds. The van der Waals surface area contributed by atoms with E-state index in [1.807, 2.05) is 6.07 Å². The minimum atomic E-state index is -1.42. The van der Waals surface area contributed by atoms with Gasteiger partial charge in [-0.3, -0.25) is 24.0 Å². The Bertz CT molecular complexity index is 1660. The summed E-state index contributed by atoms with van der Waals surface area (Å²) < 4.78 is 34.5. The molecule has 0 fully saturated rings.